The number of rotatable bonds is 4. The molecule has 2 rings (SSSR count). The molecule has 1 aromatic carbocycles. The fourth-order valence-electron chi connectivity index (χ4n) is 1.69. The Morgan fingerprint density at radius 2 is 2.16 bits per heavy atom. The van der Waals surface area contributed by atoms with Crippen molar-refractivity contribution in [2.45, 2.75) is 20.4 Å². The van der Waals surface area contributed by atoms with Gasteiger partial charge in [-0.2, -0.15) is 0 Å². The molecular formula is C14H15BrN2OS. The summed E-state index contributed by atoms with van der Waals surface area (Å²) in [5.74, 6) is -0.0544. The minimum Gasteiger partial charge on any atom is -0.380 e. The summed E-state index contributed by atoms with van der Waals surface area (Å²) in [5.41, 5.74) is 2.90. The predicted molar refractivity (Wildman–Crippen MR) is 84.8 cm³/mol. The zero-order valence-electron chi connectivity index (χ0n) is 10.8. The second-order valence-corrected chi connectivity index (χ2v) is 6.11. The van der Waals surface area contributed by atoms with Gasteiger partial charge in [-0.05, 0) is 52.0 Å². The highest BCUT2D eigenvalue weighted by Gasteiger charge is 2.04. The number of hydrogen-bond donors (Lipinski definition) is 2. The molecule has 0 saturated heterocycles. The zero-order chi connectivity index (χ0) is 13.8. The standard InChI is InChI=1S/C14H15BrN2OS/c1-9-3-4-11(7-13(9)17-10(2)18)16-8-14-12(15)5-6-19-14/h3-7,16H,8H2,1-2H3,(H,17,18). The van der Waals surface area contributed by atoms with Gasteiger partial charge in [0.15, 0.2) is 0 Å². The van der Waals surface area contributed by atoms with Crippen molar-refractivity contribution in [3.05, 3.63) is 44.6 Å². The largest absolute Gasteiger partial charge is 0.380 e. The van der Waals surface area contributed by atoms with Crippen LogP contribution < -0.4 is 10.6 Å². The number of aryl methyl sites for hydroxylation is 1. The molecule has 100 valence electrons. The van der Waals surface area contributed by atoms with Crippen LogP contribution in [-0.4, -0.2) is 5.91 Å². The number of benzene rings is 1. The molecule has 0 aliphatic carbocycles. The van der Waals surface area contributed by atoms with E-state index in [1.54, 1.807) is 11.3 Å². The van der Waals surface area contributed by atoms with Gasteiger partial charge in [0.2, 0.25) is 5.91 Å². The van der Waals surface area contributed by atoms with Crippen LogP contribution in [0, 0.1) is 6.92 Å². The molecule has 0 saturated carbocycles. The number of anilines is 2. The lowest BCUT2D eigenvalue weighted by Gasteiger charge is -2.11. The summed E-state index contributed by atoms with van der Waals surface area (Å²) < 4.78 is 1.12. The number of carbonyl (C=O) groups is 1. The van der Waals surface area contributed by atoms with Crippen molar-refractivity contribution < 1.29 is 4.79 Å². The van der Waals surface area contributed by atoms with Gasteiger partial charge >= 0.3 is 0 Å². The number of halogens is 1. The highest BCUT2D eigenvalue weighted by Crippen LogP contribution is 2.25. The van der Waals surface area contributed by atoms with Gasteiger partial charge in [-0.3, -0.25) is 4.79 Å². The van der Waals surface area contributed by atoms with E-state index < -0.39 is 0 Å². The van der Waals surface area contributed by atoms with Gasteiger partial charge < -0.3 is 10.6 Å². The van der Waals surface area contributed by atoms with Gasteiger partial charge in [0, 0.05) is 27.6 Å². The Bertz CT molecular complexity index is 595. The first kappa shape index (κ1) is 14.1. The van der Waals surface area contributed by atoms with E-state index in [0.717, 1.165) is 28.0 Å². The van der Waals surface area contributed by atoms with E-state index in [0.29, 0.717) is 0 Å². The molecule has 19 heavy (non-hydrogen) atoms. The Morgan fingerprint density at radius 1 is 1.37 bits per heavy atom. The smallest absolute Gasteiger partial charge is 0.221 e. The summed E-state index contributed by atoms with van der Waals surface area (Å²) in [4.78, 5) is 12.4. The van der Waals surface area contributed by atoms with E-state index in [1.807, 2.05) is 31.2 Å². The molecular weight excluding hydrogens is 324 g/mol. The minimum absolute atomic E-state index is 0.0544. The van der Waals surface area contributed by atoms with E-state index in [2.05, 4.69) is 31.9 Å². The molecule has 3 nitrogen and oxygen atoms in total. The summed E-state index contributed by atoms with van der Waals surface area (Å²) in [5, 5.41) is 8.24. The third kappa shape index (κ3) is 3.81. The van der Waals surface area contributed by atoms with Crippen LogP contribution in [0.3, 0.4) is 0 Å². The van der Waals surface area contributed by atoms with Crippen molar-refractivity contribution in [3.63, 3.8) is 0 Å². The fourth-order valence-corrected chi connectivity index (χ4v) is 3.12. The molecule has 5 heteroatoms. The maximum atomic E-state index is 11.1. The molecule has 0 radical (unpaired) electrons. The first-order valence-electron chi connectivity index (χ1n) is 5.90. The van der Waals surface area contributed by atoms with Crippen LogP contribution in [-0.2, 0) is 11.3 Å². The van der Waals surface area contributed by atoms with Crippen molar-refractivity contribution in [2.75, 3.05) is 10.6 Å². The Hall–Kier alpha value is -1.33. The first-order chi connectivity index (χ1) is 9.06. The summed E-state index contributed by atoms with van der Waals surface area (Å²) in [7, 11) is 0. The van der Waals surface area contributed by atoms with Crippen molar-refractivity contribution >= 4 is 44.5 Å². The molecule has 1 amide bonds. The Labute approximate surface area is 125 Å². The second kappa shape index (κ2) is 6.21. The minimum atomic E-state index is -0.0544. The second-order valence-electron chi connectivity index (χ2n) is 4.26. The third-order valence-corrected chi connectivity index (χ3v) is 4.62. The van der Waals surface area contributed by atoms with Gasteiger partial charge in [0.1, 0.15) is 0 Å². The summed E-state index contributed by atoms with van der Waals surface area (Å²) in [6.07, 6.45) is 0. The normalized spacial score (nSPS) is 10.3. The van der Waals surface area contributed by atoms with Crippen molar-refractivity contribution in [3.8, 4) is 0 Å². The number of carbonyl (C=O) groups excluding carboxylic acids is 1. The first-order valence-corrected chi connectivity index (χ1v) is 7.57. The highest BCUT2D eigenvalue weighted by atomic mass is 79.9. The molecule has 0 unspecified atom stereocenters. The summed E-state index contributed by atoms with van der Waals surface area (Å²) >= 11 is 5.22. The molecule has 0 aliphatic rings. The highest BCUT2D eigenvalue weighted by molar-refractivity contribution is 9.10. The SMILES string of the molecule is CC(=O)Nc1cc(NCc2sccc2Br)ccc1C. The molecule has 0 fully saturated rings. The van der Waals surface area contributed by atoms with E-state index >= 15 is 0 Å². The number of amides is 1. The van der Waals surface area contributed by atoms with E-state index in [1.165, 1.54) is 11.8 Å². The zero-order valence-corrected chi connectivity index (χ0v) is 13.2. The lowest BCUT2D eigenvalue weighted by Crippen LogP contribution is -2.08. The average Bonchev–Trinajstić information content (AvgIpc) is 2.75. The fraction of sp³-hybridized carbons (Fsp3) is 0.214. The van der Waals surface area contributed by atoms with E-state index in [-0.39, 0.29) is 5.91 Å². The van der Waals surface area contributed by atoms with Crippen LogP contribution in [0.4, 0.5) is 11.4 Å². The summed E-state index contributed by atoms with van der Waals surface area (Å²) in [6, 6.07) is 8.01. The third-order valence-electron chi connectivity index (χ3n) is 2.69. The van der Waals surface area contributed by atoms with Crippen molar-refractivity contribution in [2.24, 2.45) is 0 Å². The molecule has 1 aromatic heterocycles. The molecule has 1 heterocycles. The maximum Gasteiger partial charge on any atom is 0.221 e. The van der Waals surface area contributed by atoms with Crippen molar-refractivity contribution in [1.82, 2.24) is 0 Å². The van der Waals surface area contributed by atoms with E-state index in [4.69, 9.17) is 0 Å². The van der Waals surface area contributed by atoms with Crippen molar-refractivity contribution in [1.29, 1.82) is 0 Å². The lowest BCUT2D eigenvalue weighted by atomic mass is 10.1. The van der Waals surface area contributed by atoms with Crippen LogP contribution in [0.25, 0.3) is 0 Å². The quantitative estimate of drug-likeness (QED) is 0.867. The van der Waals surface area contributed by atoms with Gasteiger partial charge in [-0.1, -0.05) is 6.07 Å². The lowest BCUT2D eigenvalue weighted by molar-refractivity contribution is -0.114. The summed E-state index contributed by atoms with van der Waals surface area (Å²) in [6.45, 7) is 4.26. The number of thiophene rings is 1. The number of nitrogens with one attached hydrogen (secondary N) is 2. The Morgan fingerprint density at radius 3 is 2.79 bits per heavy atom. The van der Waals surface area contributed by atoms with Gasteiger partial charge in [-0.25, -0.2) is 0 Å². The average molecular weight is 339 g/mol. The topological polar surface area (TPSA) is 41.1 Å². The molecule has 2 aromatic rings. The van der Waals surface area contributed by atoms with Crippen LogP contribution in [0.1, 0.15) is 17.4 Å². The Kier molecular flexibility index (Phi) is 4.61. The van der Waals surface area contributed by atoms with Gasteiger partial charge in [0.05, 0.1) is 6.54 Å². The predicted octanol–water partition coefficient (Wildman–Crippen LogP) is 4.39. The molecule has 0 bridgehead atoms. The monoisotopic (exact) mass is 338 g/mol. The molecule has 2 N–H and O–H groups in total. The molecule has 0 spiro atoms. The van der Waals surface area contributed by atoms with Crippen LogP contribution in [0.2, 0.25) is 0 Å². The van der Waals surface area contributed by atoms with Crippen LogP contribution >= 0.6 is 27.3 Å². The van der Waals surface area contributed by atoms with Gasteiger partial charge in [0.25, 0.3) is 0 Å². The Balaban J connectivity index is 2.08. The van der Waals surface area contributed by atoms with Crippen LogP contribution in [0.15, 0.2) is 34.1 Å². The van der Waals surface area contributed by atoms with Gasteiger partial charge in [-0.15, -0.1) is 11.3 Å². The molecule has 0 aliphatic heterocycles. The van der Waals surface area contributed by atoms with E-state index in [9.17, 15) is 4.79 Å². The maximum absolute atomic E-state index is 11.1. The molecule has 0 atom stereocenters. The number of hydrogen-bond acceptors (Lipinski definition) is 3. The van der Waals surface area contributed by atoms with Crippen LogP contribution in [0.5, 0.6) is 0 Å².